The molecule has 1 saturated heterocycles. The van der Waals surface area contributed by atoms with Crippen LogP contribution in [0.25, 0.3) is 0 Å². The van der Waals surface area contributed by atoms with E-state index >= 15 is 0 Å². The average molecular weight is 320 g/mol. The van der Waals surface area contributed by atoms with Crippen LogP contribution >= 0.6 is 0 Å². The third-order valence-electron chi connectivity index (χ3n) is 6.19. The zero-order valence-electron chi connectivity index (χ0n) is 14.8. The summed E-state index contributed by atoms with van der Waals surface area (Å²) < 4.78 is 0. The van der Waals surface area contributed by atoms with Gasteiger partial charge in [-0.25, -0.2) is 0 Å². The first-order valence-corrected chi connectivity index (χ1v) is 9.24. The van der Waals surface area contributed by atoms with Crippen LogP contribution in [-0.2, 0) is 11.8 Å². The van der Waals surface area contributed by atoms with Gasteiger partial charge in [0.15, 0.2) is 0 Å². The molecule has 1 aliphatic heterocycles. The normalized spacial score (nSPS) is 29.2. The molecule has 2 aromatic rings. The molecule has 2 aromatic carbocycles. The summed E-state index contributed by atoms with van der Waals surface area (Å²) >= 11 is 0. The largest absolute Gasteiger partial charge is 0.308 e. The first-order chi connectivity index (χ1) is 11.7. The SMILES string of the molecule is CN1CCC2(C)CC1[C@@H](NCCc1ccccc1)c1ccccc12. The Morgan fingerprint density at radius 2 is 1.83 bits per heavy atom. The minimum atomic E-state index is 0.353. The van der Waals surface area contributed by atoms with E-state index in [0.717, 1.165) is 13.0 Å². The standard InChI is InChI=1S/C22H28N2/c1-22-13-15-24(2)20(16-22)21(18-10-6-7-11-19(18)22)23-14-12-17-8-4-3-5-9-17/h3-11,20-21,23H,12-16H2,1-2H3/t20?,21-,22?/m0/s1. The summed E-state index contributed by atoms with van der Waals surface area (Å²) in [6.45, 7) is 4.70. The number of likely N-dealkylation sites (tertiary alicyclic amines) is 1. The Kier molecular flexibility index (Phi) is 4.19. The highest BCUT2D eigenvalue weighted by molar-refractivity contribution is 5.41. The molecule has 1 fully saturated rings. The summed E-state index contributed by atoms with van der Waals surface area (Å²) in [6.07, 6.45) is 3.63. The van der Waals surface area contributed by atoms with Gasteiger partial charge in [-0.15, -0.1) is 0 Å². The van der Waals surface area contributed by atoms with Gasteiger partial charge in [-0.2, -0.15) is 0 Å². The number of fused-ring (bicyclic) bond motifs is 4. The van der Waals surface area contributed by atoms with E-state index in [2.05, 4.69) is 78.8 Å². The highest BCUT2D eigenvalue weighted by Crippen LogP contribution is 2.48. The maximum atomic E-state index is 3.89. The molecule has 0 aromatic heterocycles. The third-order valence-corrected chi connectivity index (χ3v) is 6.19. The van der Waals surface area contributed by atoms with Gasteiger partial charge in [-0.3, -0.25) is 0 Å². The molecule has 0 radical (unpaired) electrons. The topological polar surface area (TPSA) is 15.3 Å². The number of likely N-dealkylation sites (N-methyl/N-ethyl adjacent to an activating group) is 1. The molecule has 2 nitrogen and oxygen atoms in total. The van der Waals surface area contributed by atoms with Gasteiger partial charge in [0.1, 0.15) is 0 Å². The molecule has 2 aliphatic rings. The van der Waals surface area contributed by atoms with Crippen molar-refractivity contribution in [3.63, 3.8) is 0 Å². The zero-order chi connectivity index (χ0) is 16.6. The highest BCUT2D eigenvalue weighted by atomic mass is 15.2. The van der Waals surface area contributed by atoms with E-state index in [1.807, 2.05) is 0 Å². The second kappa shape index (κ2) is 6.34. The van der Waals surface area contributed by atoms with Gasteiger partial charge in [-0.05, 0) is 61.5 Å². The monoisotopic (exact) mass is 320 g/mol. The Morgan fingerprint density at radius 3 is 2.67 bits per heavy atom. The van der Waals surface area contributed by atoms with E-state index in [9.17, 15) is 0 Å². The molecular formula is C22H28N2. The highest BCUT2D eigenvalue weighted by Gasteiger charge is 2.45. The fourth-order valence-corrected chi connectivity index (χ4v) is 4.71. The summed E-state index contributed by atoms with van der Waals surface area (Å²) in [5.41, 5.74) is 4.86. The number of hydrogen-bond donors (Lipinski definition) is 1. The molecular weight excluding hydrogens is 292 g/mol. The lowest BCUT2D eigenvalue weighted by Gasteiger charge is -2.52. The van der Waals surface area contributed by atoms with Gasteiger partial charge in [0.05, 0.1) is 0 Å². The molecule has 2 unspecified atom stereocenters. The molecule has 2 heteroatoms. The first-order valence-electron chi connectivity index (χ1n) is 9.24. The van der Waals surface area contributed by atoms with Crippen LogP contribution in [0.2, 0.25) is 0 Å². The zero-order valence-corrected chi connectivity index (χ0v) is 14.8. The van der Waals surface area contributed by atoms with Crippen LogP contribution in [0.4, 0.5) is 0 Å². The van der Waals surface area contributed by atoms with Crippen LogP contribution in [0.3, 0.4) is 0 Å². The van der Waals surface area contributed by atoms with E-state index < -0.39 is 0 Å². The van der Waals surface area contributed by atoms with Crippen molar-refractivity contribution in [2.24, 2.45) is 0 Å². The summed E-state index contributed by atoms with van der Waals surface area (Å²) in [5, 5.41) is 3.89. The number of hydrogen-bond acceptors (Lipinski definition) is 2. The smallest absolute Gasteiger partial charge is 0.0481 e. The molecule has 24 heavy (non-hydrogen) atoms. The van der Waals surface area contributed by atoms with E-state index in [0.29, 0.717) is 17.5 Å². The Balaban J connectivity index is 1.56. The van der Waals surface area contributed by atoms with Gasteiger partial charge < -0.3 is 10.2 Å². The van der Waals surface area contributed by atoms with Crippen LogP contribution in [0.15, 0.2) is 54.6 Å². The molecule has 126 valence electrons. The van der Waals surface area contributed by atoms with Crippen molar-refractivity contribution in [3.05, 3.63) is 71.3 Å². The Labute approximate surface area is 145 Å². The van der Waals surface area contributed by atoms with E-state index in [4.69, 9.17) is 0 Å². The predicted octanol–water partition coefficient (Wildman–Crippen LogP) is 3.93. The molecule has 2 bridgehead atoms. The van der Waals surface area contributed by atoms with E-state index in [1.165, 1.54) is 30.5 Å². The van der Waals surface area contributed by atoms with E-state index in [1.54, 1.807) is 5.56 Å². The van der Waals surface area contributed by atoms with Gasteiger partial charge >= 0.3 is 0 Å². The maximum absolute atomic E-state index is 3.89. The van der Waals surface area contributed by atoms with Crippen molar-refractivity contribution in [1.82, 2.24) is 10.2 Å². The molecule has 1 heterocycles. The second-order valence-electron chi connectivity index (χ2n) is 7.82. The van der Waals surface area contributed by atoms with Crippen molar-refractivity contribution in [3.8, 4) is 0 Å². The quantitative estimate of drug-likeness (QED) is 0.918. The first kappa shape index (κ1) is 15.9. The molecule has 4 rings (SSSR count). The summed E-state index contributed by atoms with van der Waals surface area (Å²) in [4.78, 5) is 2.57. The van der Waals surface area contributed by atoms with Crippen LogP contribution in [-0.4, -0.2) is 31.1 Å². The number of benzene rings is 2. The van der Waals surface area contributed by atoms with Crippen molar-refractivity contribution in [2.45, 2.75) is 43.7 Å². The van der Waals surface area contributed by atoms with Gasteiger partial charge in [-0.1, -0.05) is 61.5 Å². The molecule has 3 atom stereocenters. The summed E-state index contributed by atoms with van der Waals surface area (Å²) in [6, 6.07) is 21.0. The maximum Gasteiger partial charge on any atom is 0.0481 e. The van der Waals surface area contributed by atoms with E-state index in [-0.39, 0.29) is 0 Å². The van der Waals surface area contributed by atoms with Crippen LogP contribution in [0.1, 0.15) is 42.5 Å². The fraction of sp³-hybridized carbons (Fsp3) is 0.455. The molecule has 1 aliphatic carbocycles. The Hall–Kier alpha value is -1.64. The summed E-state index contributed by atoms with van der Waals surface area (Å²) in [7, 11) is 2.30. The van der Waals surface area contributed by atoms with Crippen molar-refractivity contribution < 1.29 is 0 Å². The summed E-state index contributed by atoms with van der Waals surface area (Å²) in [5.74, 6) is 0. The molecule has 0 saturated carbocycles. The van der Waals surface area contributed by atoms with Crippen molar-refractivity contribution in [2.75, 3.05) is 20.1 Å². The molecule has 1 N–H and O–H groups in total. The lowest BCUT2D eigenvalue weighted by molar-refractivity contribution is 0.0806. The lowest BCUT2D eigenvalue weighted by atomic mass is 9.63. The van der Waals surface area contributed by atoms with Gasteiger partial charge in [0, 0.05) is 12.1 Å². The second-order valence-corrected chi connectivity index (χ2v) is 7.82. The molecule has 0 spiro atoms. The van der Waals surface area contributed by atoms with Crippen molar-refractivity contribution >= 4 is 0 Å². The minimum absolute atomic E-state index is 0.353. The number of rotatable bonds is 4. The third kappa shape index (κ3) is 2.78. The average Bonchev–Trinajstić information content (AvgIpc) is 2.62. The minimum Gasteiger partial charge on any atom is -0.308 e. The van der Waals surface area contributed by atoms with Crippen LogP contribution in [0.5, 0.6) is 0 Å². The number of piperidine rings is 1. The van der Waals surface area contributed by atoms with Gasteiger partial charge in [0.25, 0.3) is 0 Å². The Bertz CT molecular complexity index is 696. The number of nitrogens with one attached hydrogen (secondary N) is 1. The Morgan fingerprint density at radius 1 is 1.08 bits per heavy atom. The molecule has 0 amide bonds. The van der Waals surface area contributed by atoms with Crippen LogP contribution < -0.4 is 5.32 Å². The fourth-order valence-electron chi connectivity index (χ4n) is 4.71. The lowest BCUT2D eigenvalue weighted by Crippen LogP contribution is -2.55. The number of nitrogens with zero attached hydrogens (tertiary/aromatic N) is 1. The van der Waals surface area contributed by atoms with Crippen molar-refractivity contribution in [1.29, 1.82) is 0 Å². The van der Waals surface area contributed by atoms with Gasteiger partial charge in [0.2, 0.25) is 0 Å². The van der Waals surface area contributed by atoms with Crippen LogP contribution in [0, 0.1) is 0 Å². The predicted molar refractivity (Wildman–Crippen MR) is 100 cm³/mol.